The summed E-state index contributed by atoms with van der Waals surface area (Å²) in [6.07, 6.45) is -3.04. The molecule has 262 valence electrons. The van der Waals surface area contributed by atoms with E-state index >= 15 is 0 Å². The van der Waals surface area contributed by atoms with E-state index in [0.29, 0.717) is 29.3 Å². The fraction of sp³-hybridized carbons (Fsp3) is 0.594. The van der Waals surface area contributed by atoms with Crippen molar-refractivity contribution in [2.24, 2.45) is 0 Å². The second-order valence-electron chi connectivity index (χ2n) is 12.1. The van der Waals surface area contributed by atoms with Crippen LogP contribution in [0.25, 0.3) is 11.3 Å². The molecule has 0 saturated heterocycles. The summed E-state index contributed by atoms with van der Waals surface area (Å²) in [7, 11) is 0. The Balaban J connectivity index is 0.000000497. The van der Waals surface area contributed by atoms with Crippen LogP contribution in [0.1, 0.15) is 105 Å². The summed E-state index contributed by atoms with van der Waals surface area (Å²) in [4.78, 5) is 15.8. The van der Waals surface area contributed by atoms with Crippen LogP contribution >= 0.6 is 0 Å². The van der Waals surface area contributed by atoms with Gasteiger partial charge in [0.05, 0.1) is 22.9 Å². The number of hydrogen-bond acceptors (Lipinski definition) is 10. The first kappa shape index (κ1) is 41.0. The Kier molecular flexibility index (Phi) is 15.5. The molecular formula is C32H46F5N7O3. The predicted molar refractivity (Wildman–Crippen MR) is 170 cm³/mol. The minimum Gasteiger partial charge on any atom is -0.471 e. The molecule has 3 rings (SSSR count). The molecule has 0 fully saturated rings. The van der Waals surface area contributed by atoms with Gasteiger partial charge in [-0.25, -0.2) is 23.7 Å². The van der Waals surface area contributed by atoms with E-state index in [2.05, 4.69) is 41.8 Å². The third kappa shape index (κ3) is 14.9. The van der Waals surface area contributed by atoms with Gasteiger partial charge in [0.15, 0.2) is 6.61 Å². The SMILES string of the molecule is CC.CCCC(=N)c1cc(-c2cnc(OC(C)(C)C)nc2OC(C)(C)C)nnc1C.C[C@@H](c1cc(OCC(F)(F)F)ncn1)C(F)F. The summed E-state index contributed by atoms with van der Waals surface area (Å²) in [5.41, 5.74) is 2.30. The number of alkyl halides is 5. The monoisotopic (exact) mass is 671 g/mol. The van der Waals surface area contributed by atoms with Gasteiger partial charge in [0.2, 0.25) is 18.2 Å². The molecule has 0 aliphatic heterocycles. The van der Waals surface area contributed by atoms with E-state index in [1.54, 1.807) is 6.20 Å². The molecule has 1 atom stereocenters. The highest BCUT2D eigenvalue weighted by Gasteiger charge is 2.29. The molecule has 0 aliphatic rings. The zero-order chi connectivity index (χ0) is 36.2. The van der Waals surface area contributed by atoms with E-state index in [4.69, 9.17) is 14.9 Å². The average Bonchev–Trinajstić information content (AvgIpc) is 2.96. The van der Waals surface area contributed by atoms with Gasteiger partial charge in [0, 0.05) is 23.5 Å². The molecule has 0 spiro atoms. The smallest absolute Gasteiger partial charge is 0.422 e. The van der Waals surface area contributed by atoms with Crippen molar-refractivity contribution in [1.82, 2.24) is 30.1 Å². The Labute approximate surface area is 273 Å². The number of aromatic nitrogens is 6. The van der Waals surface area contributed by atoms with Gasteiger partial charge in [-0.2, -0.15) is 23.3 Å². The number of aryl methyl sites for hydroxylation is 1. The lowest BCUT2D eigenvalue weighted by Crippen LogP contribution is -2.26. The average molecular weight is 672 g/mol. The third-order valence-corrected chi connectivity index (χ3v) is 5.50. The van der Waals surface area contributed by atoms with Crippen molar-refractivity contribution in [3.63, 3.8) is 0 Å². The molecule has 3 aromatic rings. The number of nitrogens with zero attached hydrogens (tertiary/aromatic N) is 6. The van der Waals surface area contributed by atoms with Gasteiger partial charge in [-0.1, -0.05) is 34.1 Å². The van der Waals surface area contributed by atoms with Crippen molar-refractivity contribution in [2.45, 2.75) is 119 Å². The maximum absolute atomic E-state index is 12.3. The zero-order valence-corrected chi connectivity index (χ0v) is 28.9. The van der Waals surface area contributed by atoms with E-state index in [0.717, 1.165) is 30.1 Å². The highest BCUT2D eigenvalue weighted by Crippen LogP contribution is 2.32. The van der Waals surface area contributed by atoms with Crippen LogP contribution in [0.2, 0.25) is 0 Å². The summed E-state index contributed by atoms with van der Waals surface area (Å²) in [6, 6.07) is 3.08. The molecule has 0 saturated carbocycles. The first-order valence-corrected chi connectivity index (χ1v) is 15.2. The summed E-state index contributed by atoms with van der Waals surface area (Å²) >= 11 is 0. The molecule has 0 bridgehead atoms. The van der Waals surface area contributed by atoms with E-state index in [1.165, 1.54) is 6.92 Å². The number of ether oxygens (including phenoxy) is 3. The molecular weight excluding hydrogens is 625 g/mol. The van der Waals surface area contributed by atoms with Gasteiger partial charge < -0.3 is 19.6 Å². The molecule has 15 heteroatoms. The second-order valence-corrected chi connectivity index (χ2v) is 12.1. The normalized spacial score (nSPS) is 12.3. The van der Waals surface area contributed by atoms with Crippen LogP contribution in [0.3, 0.4) is 0 Å². The van der Waals surface area contributed by atoms with Crippen molar-refractivity contribution in [3.8, 4) is 29.0 Å². The Bertz CT molecular complexity index is 1430. The predicted octanol–water partition coefficient (Wildman–Crippen LogP) is 8.58. The Morgan fingerprint density at radius 1 is 0.915 bits per heavy atom. The minimum atomic E-state index is -4.50. The minimum absolute atomic E-state index is 0.0628. The Hall–Kier alpha value is -4.04. The molecule has 47 heavy (non-hydrogen) atoms. The summed E-state index contributed by atoms with van der Waals surface area (Å²) < 4.78 is 76.4. The standard InChI is InChI=1S/C21H31N5O2.C9H9F5N2O.C2H6/c1-9-10-16(22)14-11-17(26-25-13(14)2)15-12-23-19(28-21(6,7)8)24-18(15)27-20(3,4)5;1-5(8(10)11)6-2-7(16-4-15-6)17-3-9(12,13)14;1-2/h11-12,22H,9-10H2,1-8H3;2,4-5,8H,3H2,1H3;1-2H3/t;5-;/m.0./s1. The van der Waals surface area contributed by atoms with Crippen LogP contribution in [0.4, 0.5) is 22.0 Å². The van der Waals surface area contributed by atoms with Crippen LogP contribution in [0.15, 0.2) is 24.7 Å². The highest BCUT2D eigenvalue weighted by molar-refractivity contribution is 5.99. The topological polar surface area (TPSA) is 129 Å². The molecule has 1 N–H and O–H groups in total. The molecule has 0 aromatic carbocycles. The number of rotatable bonds is 10. The fourth-order valence-electron chi connectivity index (χ4n) is 3.46. The van der Waals surface area contributed by atoms with Crippen LogP contribution in [-0.4, -0.2) is 66.3 Å². The van der Waals surface area contributed by atoms with Crippen molar-refractivity contribution < 1.29 is 36.2 Å². The molecule has 0 radical (unpaired) electrons. The molecule has 0 amide bonds. The quantitative estimate of drug-likeness (QED) is 0.166. The van der Waals surface area contributed by atoms with Gasteiger partial charge >= 0.3 is 12.2 Å². The van der Waals surface area contributed by atoms with Gasteiger partial charge in [-0.05, 0) is 61.0 Å². The van der Waals surface area contributed by atoms with E-state index in [1.807, 2.05) is 68.4 Å². The molecule has 3 aromatic heterocycles. The van der Waals surface area contributed by atoms with Gasteiger partial charge in [0.1, 0.15) is 23.2 Å². The van der Waals surface area contributed by atoms with Crippen LogP contribution < -0.4 is 14.2 Å². The Morgan fingerprint density at radius 3 is 2.06 bits per heavy atom. The maximum Gasteiger partial charge on any atom is 0.422 e. The third-order valence-electron chi connectivity index (χ3n) is 5.50. The largest absolute Gasteiger partial charge is 0.471 e. The summed E-state index contributed by atoms with van der Waals surface area (Å²) in [6.45, 7) is 19.3. The lowest BCUT2D eigenvalue weighted by atomic mass is 10.0. The van der Waals surface area contributed by atoms with Crippen LogP contribution in [-0.2, 0) is 0 Å². The molecule has 0 aliphatic carbocycles. The highest BCUT2D eigenvalue weighted by atomic mass is 19.4. The first-order chi connectivity index (χ1) is 21.7. The van der Waals surface area contributed by atoms with Crippen molar-refractivity contribution in [2.75, 3.05) is 6.61 Å². The number of nitrogens with one attached hydrogen (secondary N) is 1. The number of halogens is 5. The summed E-state index contributed by atoms with van der Waals surface area (Å²) in [5.74, 6) is -1.18. The van der Waals surface area contributed by atoms with Gasteiger partial charge in [-0.15, -0.1) is 5.10 Å². The molecule has 10 nitrogen and oxygen atoms in total. The fourth-order valence-corrected chi connectivity index (χ4v) is 3.46. The lowest BCUT2D eigenvalue weighted by Gasteiger charge is -2.24. The van der Waals surface area contributed by atoms with Crippen molar-refractivity contribution >= 4 is 5.71 Å². The van der Waals surface area contributed by atoms with E-state index in [-0.39, 0.29) is 17.6 Å². The summed E-state index contributed by atoms with van der Waals surface area (Å²) in [5, 5.41) is 16.9. The maximum atomic E-state index is 12.3. The first-order valence-electron chi connectivity index (χ1n) is 15.2. The van der Waals surface area contributed by atoms with Gasteiger partial charge in [0.25, 0.3) is 0 Å². The van der Waals surface area contributed by atoms with Crippen molar-refractivity contribution in [3.05, 3.63) is 41.6 Å². The lowest BCUT2D eigenvalue weighted by molar-refractivity contribution is -0.154. The van der Waals surface area contributed by atoms with Crippen LogP contribution in [0.5, 0.6) is 17.8 Å². The Morgan fingerprint density at radius 2 is 1.53 bits per heavy atom. The van der Waals surface area contributed by atoms with Gasteiger partial charge in [-0.3, -0.25) is 0 Å². The molecule has 0 unspecified atom stereocenters. The zero-order valence-electron chi connectivity index (χ0n) is 28.9. The van der Waals surface area contributed by atoms with E-state index in [9.17, 15) is 22.0 Å². The van der Waals surface area contributed by atoms with E-state index < -0.39 is 36.3 Å². The van der Waals surface area contributed by atoms with Crippen LogP contribution in [0, 0.1) is 12.3 Å². The number of hydrogen-bond donors (Lipinski definition) is 1. The van der Waals surface area contributed by atoms with Crippen molar-refractivity contribution in [1.29, 1.82) is 5.41 Å². The molecule has 3 heterocycles. The second kappa shape index (κ2) is 17.8.